The molecule has 0 aromatic heterocycles. The molecule has 2 N–H and O–H groups in total. The molecule has 4 nitrogen and oxygen atoms in total. The van der Waals surface area contributed by atoms with Crippen LogP contribution in [0.2, 0.25) is 0 Å². The van der Waals surface area contributed by atoms with Crippen molar-refractivity contribution in [2.24, 2.45) is 5.92 Å². The van der Waals surface area contributed by atoms with Gasteiger partial charge in [-0.3, -0.25) is 9.59 Å². The summed E-state index contributed by atoms with van der Waals surface area (Å²) in [5.74, 6) is 2.19. The highest BCUT2D eigenvalue weighted by Gasteiger charge is 2.21. The number of carbonyl (C=O) groups excluding carboxylic acids is 2. The zero-order valence-corrected chi connectivity index (χ0v) is 11.8. The van der Waals surface area contributed by atoms with E-state index >= 15 is 0 Å². The Balaban J connectivity index is 1.91. The standard InChI is InChI=1S/C14H18N2O2S/c1-10(17)15-12-4-6-13(7-5-12)16-14(18)11-3-2-8-19-9-11/h4-7,11H,2-3,8-9H2,1H3,(H,15,17)(H,16,18). The Hall–Kier alpha value is -1.49. The van der Waals surface area contributed by atoms with Crippen molar-refractivity contribution in [3.63, 3.8) is 0 Å². The van der Waals surface area contributed by atoms with E-state index in [0.29, 0.717) is 0 Å². The topological polar surface area (TPSA) is 58.2 Å². The lowest BCUT2D eigenvalue weighted by molar-refractivity contribution is -0.119. The molecule has 19 heavy (non-hydrogen) atoms. The van der Waals surface area contributed by atoms with Crippen LogP contribution in [-0.2, 0) is 9.59 Å². The van der Waals surface area contributed by atoms with Crippen LogP contribution in [0, 0.1) is 5.92 Å². The maximum Gasteiger partial charge on any atom is 0.228 e. The SMILES string of the molecule is CC(=O)Nc1ccc(NC(=O)C2CCCSC2)cc1. The van der Waals surface area contributed by atoms with Crippen LogP contribution >= 0.6 is 11.8 Å². The maximum atomic E-state index is 12.0. The largest absolute Gasteiger partial charge is 0.326 e. The molecule has 1 aliphatic rings. The van der Waals surface area contributed by atoms with Crippen molar-refractivity contribution >= 4 is 35.0 Å². The highest BCUT2D eigenvalue weighted by Crippen LogP contribution is 2.24. The van der Waals surface area contributed by atoms with Gasteiger partial charge in [0.15, 0.2) is 0 Å². The van der Waals surface area contributed by atoms with E-state index in [1.54, 1.807) is 24.3 Å². The van der Waals surface area contributed by atoms with Gasteiger partial charge in [-0.2, -0.15) is 11.8 Å². The van der Waals surface area contributed by atoms with Gasteiger partial charge in [-0.05, 0) is 42.9 Å². The lowest BCUT2D eigenvalue weighted by atomic mass is 10.0. The van der Waals surface area contributed by atoms with E-state index in [4.69, 9.17) is 0 Å². The third-order valence-electron chi connectivity index (χ3n) is 3.00. The second-order valence-electron chi connectivity index (χ2n) is 4.66. The molecule has 0 saturated carbocycles. The fourth-order valence-corrected chi connectivity index (χ4v) is 3.17. The summed E-state index contributed by atoms with van der Waals surface area (Å²) < 4.78 is 0. The van der Waals surface area contributed by atoms with Crippen molar-refractivity contribution in [1.82, 2.24) is 0 Å². The fourth-order valence-electron chi connectivity index (χ4n) is 2.03. The van der Waals surface area contributed by atoms with Crippen LogP contribution < -0.4 is 10.6 Å². The molecule has 1 fully saturated rings. The molecule has 5 heteroatoms. The summed E-state index contributed by atoms with van der Waals surface area (Å²) in [6.45, 7) is 1.47. The lowest BCUT2D eigenvalue weighted by Gasteiger charge is -2.20. The van der Waals surface area contributed by atoms with Crippen LogP contribution in [0.4, 0.5) is 11.4 Å². The van der Waals surface area contributed by atoms with Crippen molar-refractivity contribution in [1.29, 1.82) is 0 Å². The molecule has 1 aliphatic heterocycles. The summed E-state index contributed by atoms with van der Waals surface area (Å²) in [6.07, 6.45) is 2.09. The van der Waals surface area contributed by atoms with Crippen molar-refractivity contribution in [2.75, 3.05) is 22.1 Å². The molecule has 1 aromatic rings. The Morgan fingerprint density at radius 2 is 1.79 bits per heavy atom. The predicted octanol–water partition coefficient (Wildman–Crippen LogP) is 2.73. The molecule has 1 aromatic carbocycles. The summed E-state index contributed by atoms with van der Waals surface area (Å²) in [6, 6.07) is 7.18. The van der Waals surface area contributed by atoms with Crippen LogP contribution in [0.15, 0.2) is 24.3 Å². The minimum atomic E-state index is -0.101. The zero-order valence-electron chi connectivity index (χ0n) is 10.9. The molecule has 2 rings (SSSR count). The summed E-state index contributed by atoms with van der Waals surface area (Å²) in [5, 5.41) is 5.62. The molecular formula is C14H18N2O2S. The first-order valence-corrected chi connectivity index (χ1v) is 7.57. The van der Waals surface area contributed by atoms with Gasteiger partial charge in [-0.25, -0.2) is 0 Å². The Morgan fingerprint density at radius 3 is 2.32 bits per heavy atom. The molecule has 2 amide bonds. The van der Waals surface area contributed by atoms with Crippen LogP contribution in [0.5, 0.6) is 0 Å². The van der Waals surface area contributed by atoms with E-state index in [0.717, 1.165) is 35.7 Å². The molecule has 0 bridgehead atoms. The summed E-state index contributed by atoms with van der Waals surface area (Å²) >= 11 is 1.84. The van der Waals surface area contributed by atoms with Gasteiger partial charge in [0.1, 0.15) is 0 Å². The van der Waals surface area contributed by atoms with E-state index in [2.05, 4.69) is 10.6 Å². The summed E-state index contributed by atoms with van der Waals surface area (Å²) in [7, 11) is 0. The third-order valence-corrected chi connectivity index (χ3v) is 4.22. The van der Waals surface area contributed by atoms with E-state index in [1.165, 1.54) is 6.92 Å². The maximum absolute atomic E-state index is 12.0. The smallest absolute Gasteiger partial charge is 0.228 e. The number of rotatable bonds is 3. The van der Waals surface area contributed by atoms with Crippen molar-refractivity contribution in [3.8, 4) is 0 Å². The number of anilines is 2. The minimum absolute atomic E-state index is 0.0967. The van der Waals surface area contributed by atoms with Crippen LogP contribution in [0.3, 0.4) is 0 Å². The van der Waals surface area contributed by atoms with Gasteiger partial charge in [0.25, 0.3) is 0 Å². The highest BCUT2D eigenvalue weighted by molar-refractivity contribution is 7.99. The number of nitrogens with one attached hydrogen (secondary N) is 2. The Kier molecular flexibility index (Phi) is 4.85. The van der Waals surface area contributed by atoms with Gasteiger partial charge in [-0.15, -0.1) is 0 Å². The molecule has 0 radical (unpaired) electrons. The third kappa shape index (κ3) is 4.28. The molecular weight excluding hydrogens is 260 g/mol. The Bertz CT molecular complexity index is 453. The van der Waals surface area contributed by atoms with Crippen molar-refractivity contribution in [2.45, 2.75) is 19.8 Å². The highest BCUT2D eigenvalue weighted by atomic mass is 32.2. The van der Waals surface area contributed by atoms with Crippen molar-refractivity contribution < 1.29 is 9.59 Å². The second-order valence-corrected chi connectivity index (χ2v) is 5.81. The van der Waals surface area contributed by atoms with Gasteiger partial charge in [-0.1, -0.05) is 0 Å². The first kappa shape index (κ1) is 13.9. The number of hydrogen-bond acceptors (Lipinski definition) is 3. The molecule has 1 unspecified atom stereocenters. The van der Waals surface area contributed by atoms with Crippen molar-refractivity contribution in [3.05, 3.63) is 24.3 Å². The molecule has 1 heterocycles. The molecule has 1 saturated heterocycles. The average Bonchev–Trinajstić information content (AvgIpc) is 2.41. The van der Waals surface area contributed by atoms with Gasteiger partial charge in [0.2, 0.25) is 11.8 Å². The number of carbonyl (C=O) groups is 2. The molecule has 1 atom stereocenters. The number of amides is 2. The first-order valence-electron chi connectivity index (χ1n) is 6.41. The quantitative estimate of drug-likeness (QED) is 0.893. The number of thioether (sulfide) groups is 1. The van der Waals surface area contributed by atoms with Gasteiger partial charge >= 0.3 is 0 Å². The Labute approximate surface area is 117 Å². The molecule has 0 aliphatic carbocycles. The summed E-state index contributed by atoms with van der Waals surface area (Å²) in [4.78, 5) is 22.9. The van der Waals surface area contributed by atoms with Crippen LogP contribution in [0.25, 0.3) is 0 Å². The van der Waals surface area contributed by atoms with Gasteiger partial charge < -0.3 is 10.6 Å². The van der Waals surface area contributed by atoms with Crippen LogP contribution in [0.1, 0.15) is 19.8 Å². The molecule has 102 valence electrons. The fraction of sp³-hybridized carbons (Fsp3) is 0.429. The number of hydrogen-bond donors (Lipinski definition) is 2. The number of benzene rings is 1. The van der Waals surface area contributed by atoms with Gasteiger partial charge in [0.05, 0.1) is 0 Å². The zero-order chi connectivity index (χ0) is 13.7. The van der Waals surface area contributed by atoms with Crippen LogP contribution in [-0.4, -0.2) is 23.3 Å². The molecule has 0 spiro atoms. The minimum Gasteiger partial charge on any atom is -0.326 e. The summed E-state index contributed by atoms with van der Waals surface area (Å²) in [5.41, 5.74) is 1.51. The normalized spacial score (nSPS) is 18.7. The second kappa shape index (κ2) is 6.61. The Morgan fingerprint density at radius 1 is 1.16 bits per heavy atom. The van der Waals surface area contributed by atoms with E-state index in [1.807, 2.05) is 11.8 Å². The lowest BCUT2D eigenvalue weighted by Crippen LogP contribution is -2.27. The van der Waals surface area contributed by atoms with E-state index in [-0.39, 0.29) is 17.7 Å². The first-order chi connectivity index (χ1) is 9.15. The van der Waals surface area contributed by atoms with E-state index in [9.17, 15) is 9.59 Å². The van der Waals surface area contributed by atoms with E-state index < -0.39 is 0 Å². The van der Waals surface area contributed by atoms with Gasteiger partial charge in [0, 0.05) is 30.0 Å². The monoisotopic (exact) mass is 278 g/mol. The average molecular weight is 278 g/mol. The predicted molar refractivity (Wildman–Crippen MR) is 79.4 cm³/mol.